The highest BCUT2D eigenvalue weighted by Gasteiger charge is 2.17. The van der Waals surface area contributed by atoms with Crippen molar-refractivity contribution in [2.45, 2.75) is 13.0 Å². The number of sulfonamides is 1. The van der Waals surface area contributed by atoms with Crippen LogP contribution in [0.4, 0.5) is 5.69 Å². The number of ether oxygens (including phenoxy) is 2. The molecule has 1 atom stereocenters. The van der Waals surface area contributed by atoms with Gasteiger partial charge in [-0.3, -0.25) is 9.10 Å². The van der Waals surface area contributed by atoms with Gasteiger partial charge < -0.3 is 14.8 Å². The smallest absolute Gasteiger partial charge is 0.251 e. The SMILES string of the molecule is COc1ccc(OC)c(C(C)NC(=O)c2ccc(N(C)S(C)(=O)=O)cc2)c1. The van der Waals surface area contributed by atoms with E-state index in [1.54, 1.807) is 50.6 Å². The lowest BCUT2D eigenvalue weighted by atomic mass is 10.1. The Morgan fingerprint density at radius 1 is 1.07 bits per heavy atom. The van der Waals surface area contributed by atoms with E-state index in [1.807, 2.05) is 13.0 Å². The number of amides is 1. The highest BCUT2D eigenvalue weighted by Crippen LogP contribution is 2.29. The zero-order valence-corrected chi connectivity index (χ0v) is 16.8. The summed E-state index contributed by atoms with van der Waals surface area (Å²) in [5, 5.41) is 2.91. The lowest BCUT2D eigenvalue weighted by Gasteiger charge is -2.19. The molecule has 0 heterocycles. The number of benzene rings is 2. The molecular formula is C19H24N2O5S. The summed E-state index contributed by atoms with van der Waals surface area (Å²) >= 11 is 0. The zero-order valence-electron chi connectivity index (χ0n) is 16.0. The second kappa shape index (κ2) is 8.30. The van der Waals surface area contributed by atoms with E-state index in [0.29, 0.717) is 22.7 Å². The van der Waals surface area contributed by atoms with Gasteiger partial charge in [0.05, 0.1) is 32.2 Å². The van der Waals surface area contributed by atoms with Gasteiger partial charge in [0.2, 0.25) is 10.0 Å². The second-order valence-electron chi connectivity index (χ2n) is 6.08. The summed E-state index contributed by atoms with van der Waals surface area (Å²) in [6.45, 7) is 1.85. The molecule has 2 rings (SSSR count). The molecule has 0 saturated heterocycles. The highest BCUT2D eigenvalue weighted by atomic mass is 32.2. The number of nitrogens with zero attached hydrogens (tertiary/aromatic N) is 1. The standard InChI is InChI=1S/C19H24N2O5S/c1-13(17-12-16(25-3)10-11-18(17)26-4)20-19(22)14-6-8-15(9-7-14)21(2)27(5,23)24/h6-13H,1-5H3,(H,20,22). The number of nitrogens with one attached hydrogen (secondary N) is 1. The van der Waals surface area contributed by atoms with Crippen molar-refractivity contribution < 1.29 is 22.7 Å². The molecule has 8 heteroatoms. The molecule has 7 nitrogen and oxygen atoms in total. The number of carbonyl (C=O) groups is 1. The van der Waals surface area contributed by atoms with E-state index in [9.17, 15) is 13.2 Å². The number of rotatable bonds is 7. The van der Waals surface area contributed by atoms with E-state index in [2.05, 4.69) is 5.32 Å². The average Bonchev–Trinajstić information content (AvgIpc) is 2.66. The number of hydrogen-bond donors (Lipinski definition) is 1. The van der Waals surface area contributed by atoms with Crippen molar-refractivity contribution in [1.29, 1.82) is 0 Å². The van der Waals surface area contributed by atoms with Crippen LogP contribution in [0.1, 0.15) is 28.9 Å². The third-order valence-electron chi connectivity index (χ3n) is 4.24. The van der Waals surface area contributed by atoms with Crippen LogP contribution in [0.2, 0.25) is 0 Å². The summed E-state index contributed by atoms with van der Waals surface area (Å²) in [7, 11) is 1.25. The lowest BCUT2D eigenvalue weighted by molar-refractivity contribution is 0.0939. The third kappa shape index (κ3) is 4.91. The minimum absolute atomic E-state index is 0.277. The van der Waals surface area contributed by atoms with Crippen LogP contribution in [-0.2, 0) is 10.0 Å². The molecule has 0 spiro atoms. The molecule has 2 aromatic carbocycles. The fourth-order valence-electron chi connectivity index (χ4n) is 2.55. The van der Waals surface area contributed by atoms with E-state index in [4.69, 9.17) is 9.47 Å². The summed E-state index contributed by atoms with van der Waals surface area (Å²) in [6.07, 6.45) is 1.12. The largest absolute Gasteiger partial charge is 0.497 e. The minimum atomic E-state index is -3.35. The minimum Gasteiger partial charge on any atom is -0.497 e. The summed E-state index contributed by atoms with van der Waals surface area (Å²) in [5.41, 5.74) is 1.70. The van der Waals surface area contributed by atoms with Gasteiger partial charge in [-0.05, 0) is 49.4 Å². The topological polar surface area (TPSA) is 84.9 Å². The Morgan fingerprint density at radius 2 is 1.70 bits per heavy atom. The molecule has 0 aliphatic heterocycles. The monoisotopic (exact) mass is 392 g/mol. The van der Waals surface area contributed by atoms with Crippen LogP contribution < -0.4 is 19.1 Å². The van der Waals surface area contributed by atoms with Crippen molar-refractivity contribution in [3.05, 3.63) is 53.6 Å². The molecule has 1 N–H and O–H groups in total. The van der Waals surface area contributed by atoms with Crippen LogP contribution in [0, 0.1) is 0 Å². The highest BCUT2D eigenvalue weighted by molar-refractivity contribution is 7.92. The van der Waals surface area contributed by atoms with Crippen molar-refractivity contribution in [3.63, 3.8) is 0 Å². The molecule has 0 aliphatic rings. The van der Waals surface area contributed by atoms with Gasteiger partial charge in [0.15, 0.2) is 0 Å². The van der Waals surface area contributed by atoms with Crippen molar-refractivity contribution in [3.8, 4) is 11.5 Å². The average molecular weight is 392 g/mol. The maximum Gasteiger partial charge on any atom is 0.251 e. The van der Waals surface area contributed by atoms with Crippen molar-refractivity contribution in [2.24, 2.45) is 0 Å². The molecule has 27 heavy (non-hydrogen) atoms. The predicted octanol–water partition coefficient (Wildman–Crippen LogP) is 2.59. The van der Waals surface area contributed by atoms with Gasteiger partial charge in [-0.2, -0.15) is 0 Å². The first-order valence-corrected chi connectivity index (χ1v) is 10.1. The van der Waals surface area contributed by atoms with Gasteiger partial charge in [-0.1, -0.05) is 0 Å². The Morgan fingerprint density at radius 3 is 2.22 bits per heavy atom. The van der Waals surface area contributed by atoms with Gasteiger partial charge in [-0.15, -0.1) is 0 Å². The van der Waals surface area contributed by atoms with Crippen LogP contribution in [0.15, 0.2) is 42.5 Å². The van der Waals surface area contributed by atoms with Crippen molar-refractivity contribution in [1.82, 2.24) is 5.32 Å². The number of methoxy groups -OCH3 is 2. The van der Waals surface area contributed by atoms with E-state index < -0.39 is 10.0 Å². The van der Waals surface area contributed by atoms with Crippen molar-refractivity contribution >= 4 is 21.6 Å². The van der Waals surface area contributed by atoms with E-state index in [0.717, 1.165) is 16.1 Å². The first kappa shape index (κ1) is 20.6. The van der Waals surface area contributed by atoms with Crippen LogP contribution >= 0.6 is 0 Å². The summed E-state index contributed by atoms with van der Waals surface area (Å²) in [6, 6.07) is 11.4. The molecule has 1 amide bonds. The second-order valence-corrected chi connectivity index (χ2v) is 8.09. The first-order chi connectivity index (χ1) is 12.7. The Balaban J connectivity index is 2.17. The molecule has 0 aromatic heterocycles. The Bertz CT molecular complexity index is 910. The lowest BCUT2D eigenvalue weighted by Crippen LogP contribution is -2.27. The molecule has 0 aliphatic carbocycles. The van der Waals surface area contributed by atoms with Gasteiger partial charge in [0, 0.05) is 18.2 Å². The molecule has 0 fully saturated rings. The fourth-order valence-corrected chi connectivity index (χ4v) is 3.05. The van der Waals surface area contributed by atoms with E-state index in [1.165, 1.54) is 7.05 Å². The van der Waals surface area contributed by atoms with Gasteiger partial charge >= 0.3 is 0 Å². The molecule has 0 saturated carbocycles. The van der Waals surface area contributed by atoms with Crippen LogP contribution in [0.3, 0.4) is 0 Å². The molecule has 0 radical (unpaired) electrons. The number of anilines is 1. The number of carbonyl (C=O) groups excluding carboxylic acids is 1. The van der Waals surface area contributed by atoms with Crippen LogP contribution in [-0.4, -0.2) is 41.8 Å². The Hall–Kier alpha value is -2.74. The normalized spacial score (nSPS) is 12.2. The van der Waals surface area contributed by atoms with Gasteiger partial charge in [0.25, 0.3) is 5.91 Å². The third-order valence-corrected chi connectivity index (χ3v) is 5.45. The fraction of sp³-hybridized carbons (Fsp3) is 0.316. The molecule has 1 unspecified atom stereocenters. The zero-order chi connectivity index (χ0) is 20.2. The van der Waals surface area contributed by atoms with Crippen LogP contribution in [0.25, 0.3) is 0 Å². The van der Waals surface area contributed by atoms with E-state index in [-0.39, 0.29) is 11.9 Å². The maximum absolute atomic E-state index is 12.5. The summed E-state index contributed by atoms with van der Waals surface area (Å²) < 4.78 is 34.9. The molecule has 0 bridgehead atoms. The molecule has 2 aromatic rings. The Kier molecular flexibility index (Phi) is 6.32. The maximum atomic E-state index is 12.5. The quantitative estimate of drug-likeness (QED) is 0.783. The van der Waals surface area contributed by atoms with Gasteiger partial charge in [0.1, 0.15) is 11.5 Å². The Labute approximate surface area is 160 Å². The van der Waals surface area contributed by atoms with Gasteiger partial charge in [-0.25, -0.2) is 8.42 Å². The molecule has 146 valence electrons. The summed E-state index contributed by atoms with van der Waals surface area (Å²) in [4.78, 5) is 12.5. The first-order valence-electron chi connectivity index (χ1n) is 8.24. The van der Waals surface area contributed by atoms with E-state index >= 15 is 0 Å². The predicted molar refractivity (Wildman–Crippen MR) is 105 cm³/mol. The summed E-state index contributed by atoms with van der Waals surface area (Å²) in [5.74, 6) is 1.04. The van der Waals surface area contributed by atoms with Crippen molar-refractivity contribution in [2.75, 3.05) is 31.8 Å². The number of hydrogen-bond acceptors (Lipinski definition) is 5. The molecular weight excluding hydrogens is 368 g/mol. The van der Waals surface area contributed by atoms with Crippen LogP contribution in [0.5, 0.6) is 11.5 Å².